The molecule has 2 fully saturated rings. The van der Waals surface area contributed by atoms with Crippen LogP contribution in [0.15, 0.2) is 0 Å². The molecular weight excluding hydrogens is 152 g/mol. The molecule has 0 saturated carbocycles. The van der Waals surface area contributed by atoms with Gasteiger partial charge in [0.05, 0.1) is 5.92 Å². The molecule has 1 N–H and O–H groups in total. The minimum Gasteiger partial charge on any atom is -0.342 e. The first-order valence-corrected chi connectivity index (χ1v) is 4.87. The van der Waals surface area contributed by atoms with E-state index in [9.17, 15) is 4.79 Å². The summed E-state index contributed by atoms with van der Waals surface area (Å²) in [6.45, 7) is 3.91. The molecule has 1 atom stereocenters. The number of hydrogen-bond donors (Lipinski definition) is 1. The molecule has 0 spiro atoms. The van der Waals surface area contributed by atoms with Crippen molar-refractivity contribution >= 4 is 5.91 Å². The minimum absolute atomic E-state index is 0.281. The van der Waals surface area contributed by atoms with E-state index in [-0.39, 0.29) is 5.92 Å². The molecule has 0 radical (unpaired) electrons. The lowest BCUT2D eigenvalue weighted by Gasteiger charge is -2.18. The third-order valence-electron chi connectivity index (χ3n) is 2.83. The highest BCUT2D eigenvalue weighted by molar-refractivity contribution is 5.79. The van der Waals surface area contributed by atoms with E-state index in [4.69, 9.17) is 0 Å². The molecule has 1 unspecified atom stereocenters. The van der Waals surface area contributed by atoms with Crippen molar-refractivity contribution in [1.82, 2.24) is 10.2 Å². The zero-order valence-electron chi connectivity index (χ0n) is 7.38. The molecule has 2 heterocycles. The Balaban J connectivity index is 1.89. The van der Waals surface area contributed by atoms with Gasteiger partial charge in [-0.05, 0) is 25.8 Å². The Labute approximate surface area is 73.1 Å². The maximum Gasteiger partial charge on any atom is 0.227 e. The first-order chi connectivity index (χ1) is 5.88. The van der Waals surface area contributed by atoms with E-state index in [1.807, 2.05) is 4.90 Å². The van der Waals surface area contributed by atoms with Crippen molar-refractivity contribution in [1.29, 1.82) is 0 Å². The summed E-state index contributed by atoms with van der Waals surface area (Å²) >= 11 is 0. The number of nitrogens with zero attached hydrogens (tertiary/aromatic N) is 1. The van der Waals surface area contributed by atoms with E-state index in [1.54, 1.807) is 0 Å². The summed E-state index contributed by atoms with van der Waals surface area (Å²) in [5.74, 6) is 0.667. The number of carbonyl (C=O) groups excluding carboxylic acids is 1. The summed E-state index contributed by atoms with van der Waals surface area (Å²) in [5.41, 5.74) is 0. The standard InChI is InChI=1S/C9H16N2O/c12-9(8-3-4-10-7-8)11-5-1-2-6-11/h8,10H,1-7H2. The SMILES string of the molecule is O=C(C1CCNC1)N1CCCC1. The fourth-order valence-electron chi connectivity index (χ4n) is 2.06. The van der Waals surface area contributed by atoms with Gasteiger partial charge in [-0.2, -0.15) is 0 Å². The molecule has 3 heteroatoms. The molecule has 2 rings (SSSR count). The van der Waals surface area contributed by atoms with E-state index in [1.165, 1.54) is 12.8 Å². The molecule has 3 nitrogen and oxygen atoms in total. The van der Waals surface area contributed by atoms with Crippen LogP contribution in [-0.4, -0.2) is 37.0 Å². The van der Waals surface area contributed by atoms with Crippen LogP contribution in [0, 0.1) is 5.92 Å². The maximum absolute atomic E-state index is 11.7. The van der Waals surface area contributed by atoms with Crippen molar-refractivity contribution in [3.63, 3.8) is 0 Å². The van der Waals surface area contributed by atoms with E-state index >= 15 is 0 Å². The molecule has 0 bridgehead atoms. The number of likely N-dealkylation sites (tertiary alicyclic amines) is 1. The van der Waals surface area contributed by atoms with Crippen LogP contribution in [0.2, 0.25) is 0 Å². The predicted octanol–water partition coefficient (Wildman–Crippen LogP) is 0.218. The highest BCUT2D eigenvalue weighted by Crippen LogP contribution is 2.16. The number of carbonyl (C=O) groups is 1. The summed E-state index contributed by atoms with van der Waals surface area (Å²) in [6.07, 6.45) is 3.44. The minimum atomic E-state index is 0.281. The van der Waals surface area contributed by atoms with Crippen molar-refractivity contribution in [2.24, 2.45) is 5.92 Å². The summed E-state index contributed by atoms with van der Waals surface area (Å²) in [4.78, 5) is 13.8. The zero-order chi connectivity index (χ0) is 8.39. The van der Waals surface area contributed by atoms with Crippen molar-refractivity contribution in [3.05, 3.63) is 0 Å². The highest BCUT2D eigenvalue weighted by Gasteiger charge is 2.28. The second kappa shape index (κ2) is 3.44. The Morgan fingerprint density at radius 2 is 2.08 bits per heavy atom. The summed E-state index contributed by atoms with van der Waals surface area (Å²) in [6, 6.07) is 0. The van der Waals surface area contributed by atoms with Gasteiger partial charge < -0.3 is 10.2 Å². The van der Waals surface area contributed by atoms with Crippen LogP contribution in [0.5, 0.6) is 0 Å². The van der Waals surface area contributed by atoms with Gasteiger partial charge in [0.15, 0.2) is 0 Å². The molecule has 2 aliphatic rings. The average molecular weight is 168 g/mol. The second-order valence-electron chi connectivity index (χ2n) is 3.72. The third kappa shape index (κ3) is 1.46. The van der Waals surface area contributed by atoms with Crippen LogP contribution in [0.1, 0.15) is 19.3 Å². The number of nitrogens with one attached hydrogen (secondary N) is 1. The van der Waals surface area contributed by atoms with Crippen molar-refractivity contribution in [2.45, 2.75) is 19.3 Å². The molecule has 2 aliphatic heterocycles. The van der Waals surface area contributed by atoms with Gasteiger partial charge in [0.1, 0.15) is 0 Å². The fourth-order valence-corrected chi connectivity index (χ4v) is 2.06. The van der Waals surface area contributed by atoms with Crippen LogP contribution in [0.4, 0.5) is 0 Å². The molecule has 0 aromatic heterocycles. The largest absolute Gasteiger partial charge is 0.342 e. The number of rotatable bonds is 1. The van der Waals surface area contributed by atoms with E-state index in [0.29, 0.717) is 5.91 Å². The molecule has 2 saturated heterocycles. The van der Waals surface area contributed by atoms with Gasteiger partial charge in [-0.3, -0.25) is 4.79 Å². The molecular formula is C9H16N2O. The average Bonchev–Trinajstić information content (AvgIpc) is 2.77. The topological polar surface area (TPSA) is 32.3 Å². The maximum atomic E-state index is 11.7. The Bertz CT molecular complexity index is 151. The van der Waals surface area contributed by atoms with Gasteiger partial charge in [-0.15, -0.1) is 0 Å². The van der Waals surface area contributed by atoms with E-state index in [0.717, 1.165) is 32.6 Å². The normalized spacial score (nSPS) is 29.7. The predicted molar refractivity (Wildman–Crippen MR) is 46.8 cm³/mol. The summed E-state index contributed by atoms with van der Waals surface area (Å²) in [7, 11) is 0. The zero-order valence-corrected chi connectivity index (χ0v) is 7.38. The van der Waals surface area contributed by atoms with Gasteiger partial charge >= 0.3 is 0 Å². The summed E-state index contributed by atoms with van der Waals surface area (Å²) in [5, 5.41) is 3.23. The molecule has 1 amide bonds. The Morgan fingerprint density at radius 1 is 1.33 bits per heavy atom. The van der Waals surface area contributed by atoms with E-state index in [2.05, 4.69) is 5.32 Å². The highest BCUT2D eigenvalue weighted by atomic mass is 16.2. The van der Waals surface area contributed by atoms with Crippen LogP contribution in [0.25, 0.3) is 0 Å². The monoisotopic (exact) mass is 168 g/mol. The van der Waals surface area contributed by atoms with Crippen molar-refractivity contribution in [3.8, 4) is 0 Å². The lowest BCUT2D eigenvalue weighted by molar-refractivity contribution is -0.133. The van der Waals surface area contributed by atoms with Crippen LogP contribution in [0.3, 0.4) is 0 Å². The lowest BCUT2D eigenvalue weighted by atomic mass is 10.1. The van der Waals surface area contributed by atoms with E-state index < -0.39 is 0 Å². The Kier molecular flexibility index (Phi) is 2.30. The molecule has 0 aromatic rings. The molecule has 0 aliphatic carbocycles. The van der Waals surface area contributed by atoms with Gasteiger partial charge in [-0.25, -0.2) is 0 Å². The van der Waals surface area contributed by atoms with Crippen LogP contribution in [-0.2, 0) is 4.79 Å². The number of amides is 1. The van der Waals surface area contributed by atoms with Crippen LogP contribution >= 0.6 is 0 Å². The van der Waals surface area contributed by atoms with Crippen molar-refractivity contribution < 1.29 is 4.79 Å². The Morgan fingerprint density at radius 3 is 2.67 bits per heavy atom. The molecule has 68 valence electrons. The third-order valence-corrected chi connectivity index (χ3v) is 2.83. The van der Waals surface area contributed by atoms with Gasteiger partial charge in [0.2, 0.25) is 5.91 Å². The smallest absolute Gasteiger partial charge is 0.227 e. The quantitative estimate of drug-likeness (QED) is 0.607. The van der Waals surface area contributed by atoms with Crippen molar-refractivity contribution in [2.75, 3.05) is 26.2 Å². The van der Waals surface area contributed by atoms with Gasteiger partial charge in [0, 0.05) is 19.6 Å². The first-order valence-electron chi connectivity index (χ1n) is 4.87. The molecule has 0 aromatic carbocycles. The fraction of sp³-hybridized carbons (Fsp3) is 0.889. The second-order valence-corrected chi connectivity index (χ2v) is 3.72. The number of hydrogen-bond acceptors (Lipinski definition) is 2. The lowest BCUT2D eigenvalue weighted by Crippen LogP contribution is -2.34. The first kappa shape index (κ1) is 8.05. The molecule has 12 heavy (non-hydrogen) atoms. The Hall–Kier alpha value is -0.570. The van der Waals surface area contributed by atoms with Gasteiger partial charge in [-0.1, -0.05) is 0 Å². The van der Waals surface area contributed by atoms with Crippen LogP contribution < -0.4 is 5.32 Å². The summed E-state index contributed by atoms with van der Waals surface area (Å²) < 4.78 is 0. The van der Waals surface area contributed by atoms with Gasteiger partial charge in [0.25, 0.3) is 0 Å².